The molecule has 1 saturated carbocycles. The van der Waals surface area contributed by atoms with Gasteiger partial charge in [0.2, 0.25) is 10.0 Å². The van der Waals surface area contributed by atoms with Crippen molar-refractivity contribution in [3.8, 4) is 0 Å². The first-order chi connectivity index (χ1) is 17.7. The number of methoxy groups -OCH3 is 2. The number of sulfonamides is 1. The van der Waals surface area contributed by atoms with Gasteiger partial charge in [0.1, 0.15) is 11.9 Å². The van der Waals surface area contributed by atoms with Crippen molar-refractivity contribution < 1.29 is 27.1 Å². The molecular weight excluding hydrogens is 543 g/mol. The van der Waals surface area contributed by atoms with Crippen LogP contribution < -0.4 is 10.0 Å². The number of esters is 1. The summed E-state index contributed by atoms with van der Waals surface area (Å²) in [5.41, 5.74) is 1.40. The predicted octanol–water partition coefficient (Wildman–Crippen LogP) is 3.58. The summed E-state index contributed by atoms with van der Waals surface area (Å²) in [4.78, 5) is 22.2. The largest absolute Gasteiger partial charge is 0.466 e. The van der Waals surface area contributed by atoms with Crippen molar-refractivity contribution in [3.05, 3.63) is 62.5 Å². The number of amidine groups is 1. The molecule has 1 fully saturated rings. The maximum atomic E-state index is 13.8. The van der Waals surface area contributed by atoms with Crippen LogP contribution in [0.3, 0.4) is 0 Å². The summed E-state index contributed by atoms with van der Waals surface area (Å²) in [6, 6.07) is 2.94. The Kier molecular flexibility index (Phi) is 8.96. The van der Waals surface area contributed by atoms with Crippen LogP contribution in [0.15, 0.2) is 46.0 Å². The maximum Gasteiger partial charge on any atom is 0.338 e. The minimum absolute atomic E-state index is 0.0963. The summed E-state index contributed by atoms with van der Waals surface area (Å²) in [6.45, 7) is 0.121. The first kappa shape index (κ1) is 27.6. The Morgan fingerprint density at radius 2 is 2.03 bits per heavy atom. The summed E-state index contributed by atoms with van der Waals surface area (Å²) >= 11 is 7.79. The second kappa shape index (κ2) is 12.0. The lowest BCUT2D eigenvalue weighted by Gasteiger charge is -2.35. The lowest BCUT2D eigenvalue weighted by molar-refractivity contribution is -0.136. The minimum atomic E-state index is -3.45. The van der Waals surface area contributed by atoms with E-state index in [1.807, 2.05) is 5.38 Å². The summed E-state index contributed by atoms with van der Waals surface area (Å²) in [6.07, 6.45) is 4.07. The molecule has 1 aromatic heterocycles. The fourth-order valence-electron chi connectivity index (χ4n) is 4.62. The third kappa shape index (κ3) is 6.55. The Balaban J connectivity index is 1.67. The molecular formula is C24H28ClFN4O5S2. The quantitative estimate of drug-likeness (QED) is 0.442. The standard InChI is InChI=1S/C24H28ClFN4O5S2/c1-34-10-12-37(32,33)30-16-6-3-14(4-7-16)20-19(24(31)35-2)21(17-8-5-15(26)13-18(17)25)29-22(28-20)23-27-9-11-36-23/h5,8-9,11,13-14,16,21,30H,3-4,6-7,10,12H2,1-2H3,(H,28,29). The highest BCUT2D eigenvalue weighted by atomic mass is 35.5. The third-order valence-corrected chi connectivity index (χ3v) is 8.91. The van der Waals surface area contributed by atoms with Gasteiger partial charge in [-0.05, 0) is 43.7 Å². The zero-order valence-corrected chi connectivity index (χ0v) is 22.8. The van der Waals surface area contributed by atoms with Crippen molar-refractivity contribution in [1.82, 2.24) is 15.0 Å². The number of ether oxygens (including phenoxy) is 2. The van der Waals surface area contributed by atoms with Crippen LogP contribution in [-0.2, 0) is 24.3 Å². The van der Waals surface area contributed by atoms with Crippen molar-refractivity contribution in [2.45, 2.75) is 37.8 Å². The number of benzene rings is 1. The number of hydrogen-bond acceptors (Lipinski definition) is 9. The summed E-state index contributed by atoms with van der Waals surface area (Å²) in [5.74, 6) is -0.790. The van der Waals surface area contributed by atoms with Crippen LogP contribution in [-0.4, -0.2) is 57.8 Å². The topological polar surface area (TPSA) is 119 Å². The van der Waals surface area contributed by atoms with E-state index in [9.17, 15) is 17.6 Å². The number of thiazole rings is 1. The van der Waals surface area contributed by atoms with Crippen LogP contribution in [0.25, 0.3) is 0 Å². The molecule has 9 nitrogen and oxygen atoms in total. The van der Waals surface area contributed by atoms with E-state index in [1.165, 1.54) is 43.8 Å². The van der Waals surface area contributed by atoms with Gasteiger partial charge >= 0.3 is 5.97 Å². The summed E-state index contributed by atoms with van der Waals surface area (Å²) in [7, 11) is -0.701. The highest BCUT2D eigenvalue weighted by molar-refractivity contribution is 7.89. The molecule has 0 radical (unpaired) electrons. The fraction of sp³-hybridized carbons (Fsp3) is 0.458. The Bertz CT molecular complexity index is 1290. The number of halogens is 2. The van der Waals surface area contributed by atoms with Crippen molar-refractivity contribution in [3.63, 3.8) is 0 Å². The maximum absolute atomic E-state index is 13.8. The monoisotopic (exact) mass is 570 g/mol. The second-order valence-corrected chi connectivity index (χ2v) is 12.0. The predicted molar refractivity (Wildman–Crippen MR) is 140 cm³/mol. The van der Waals surface area contributed by atoms with Gasteiger partial charge in [-0.2, -0.15) is 0 Å². The van der Waals surface area contributed by atoms with E-state index in [4.69, 9.17) is 26.1 Å². The molecule has 1 aliphatic heterocycles. The molecule has 0 spiro atoms. The zero-order chi connectivity index (χ0) is 26.6. The molecule has 1 unspecified atom stereocenters. The van der Waals surface area contributed by atoms with Gasteiger partial charge < -0.3 is 14.8 Å². The Hall–Kier alpha value is -2.38. The van der Waals surface area contributed by atoms with Crippen molar-refractivity contribution in [2.75, 3.05) is 26.6 Å². The number of nitrogens with one attached hydrogen (secondary N) is 2. The molecule has 1 aliphatic carbocycles. The molecule has 0 amide bonds. The Morgan fingerprint density at radius 3 is 2.65 bits per heavy atom. The highest BCUT2D eigenvalue weighted by Gasteiger charge is 2.38. The number of rotatable bonds is 9. The van der Waals surface area contributed by atoms with E-state index < -0.39 is 27.9 Å². The van der Waals surface area contributed by atoms with Gasteiger partial charge in [0.15, 0.2) is 10.8 Å². The zero-order valence-electron chi connectivity index (χ0n) is 20.4. The van der Waals surface area contributed by atoms with Gasteiger partial charge in [-0.15, -0.1) is 11.3 Å². The van der Waals surface area contributed by atoms with E-state index >= 15 is 0 Å². The summed E-state index contributed by atoms with van der Waals surface area (Å²) in [5, 5.41) is 5.91. The van der Waals surface area contributed by atoms with E-state index in [-0.39, 0.29) is 29.3 Å². The molecule has 1 atom stereocenters. The highest BCUT2D eigenvalue weighted by Crippen LogP contribution is 2.41. The SMILES string of the molecule is COCCS(=O)(=O)NC1CCC(C2=C(C(=O)OC)C(c3ccc(F)cc3Cl)N=C(c3nccs3)N2)CC1. The van der Waals surface area contributed by atoms with Gasteiger partial charge in [0.05, 0.1) is 25.0 Å². The number of nitrogens with zero attached hydrogens (tertiary/aromatic N) is 2. The molecule has 2 heterocycles. The van der Waals surface area contributed by atoms with Crippen molar-refractivity contribution >= 4 is 44.8 Å². The molecule has 37 heavy (non-hydrogen) atoms. The van der Waals surface area contributed by atoms with E-state index in [2.05, 4.69) is 15.0 Å². The molecule has 2 aliphatic rings. The summed E-state index contributed by atoms with van der Waals surface area (Å²) < 4.78 is 51.2. The number of carbonyl (C=O) groups excluding carboxylic acids is 1. The average molecular weight is 571 g/mol. The number of carbonyl (C=O) groups is 1. The second-order valence-electron chi connectivity index (χ2n) is 8.81. The van der Waals surface area contributed by atoms with Gasteiger partial charge in [0, 0.05) is 41.0 Å². The van der Waals surface area contributed by atoms with Crippen LogP contribution in [0.4, 0.5) is 4.39 Å². The normalized spacial score (nSPS) is 22.4. The van der Waals surface area contributed by atoms with Crippen LogP contribution in [0.2, 0.25) is 5.02 Å². The van der Waals surface area contributed by atoms with Crippen molar-refractivity contribution in [1.29, 1.82) is 0 Å². The molecule has 200 valence electrons. The molecule has 4 rings (SSSR count). The van der Waals surface area contributed by atoms with Crippen LogP contribution in [0.5, 0.6) is 0 Å². The first-order valence-electron chi connectivity index (χ1n) is 11.7. The lowest BCUT2D eigenvalue weighted by Crippen LogP contribution is -2.42. The van der Waals surface area contributed by atoms with Gasteiger partial charge in [0.25, 0.3) is 0 Å². The Labute approximate surface area is 224 Å². The lowest BCUT2D eigenvalue weighted by atomic mass is 9.80. The molecule has 13 heteroatoms. The number of aromatic nitrogens is 1. The van der Waals surface area contributed by atoms with Crippen LogP contribution in [0.1, 0.15) is 42.3 Å². The first-order valence-corrected chi connectivity index (χ1v) is 14.6. The van der Waals surface area contributed by atoms with Crippen molar-refractivity contribution in [2.24, 2.45) is 10.9 Å². The molecule has 1 aromatic carbocycles. The fourth-order valence-corrected chi connectivity index (χ4v) is 6.73. The van der Waals surface area contributed by atoms with E-state index in [1.54, 1.807) is 6.20 Å². The van der Waals surface area contributed by atoms with Crippen LogP contribution in [0, 0.1) is 11.7 Å². The number of hydrogen-bond donors (Lipinski definition) is 2. The smallest absolute Gasteiger partial charge is 0.338 e. The number of aliphatic imine (C=N–C) groups is 1. The Morgan fingerprint density at radius 1 is 1.27 bits per heavy atom. The van der Waals surface area contributed by atoms with Gasteiger partial charge in [-0.3, -0.25) is 4.99 Å². The molecule has 0 saturated heterocycles. The minimum Gasteiger partial charge on any atom is -0.466 e. The van der Waals surface area contributed by atoms with E-state index in [0.29, 0.717) is 53.4 Å². The third-order valence-electron chi connectivity index (χ3n) is 6.41. The average Bonchev–Trinajstić information content (AvgIpc) is 3.42. The van der Waals surface area contributed by atoms with Crippen LogP contribution >= 0.6 is 22.9 Å². The molecule has 0 bridgehead atoms. The molecule has 2 N–H and O–H groups in total. The van der Waals surface area contributed by atoms with Gasteiger partial charge in [-0.25, -0.2) is 27.3 Å². The molecule has 2 aromatic rings. The number of allylic oxidation sites excluding steroid dienone is 1. The van der Waals surface area contributed by atoms with E-state index in [0.717, 1.165) is 0 Å². The van der Waals surface area contributed by atoms with Gasteiger partial charge in [-0.1, -0.05) is 17.7 Å².